The smallest absolute Gasteiger partial charge is 0.233 e. The van der Waals surface area contributed by atoms with Crippen molar-refractivity contribution < 1.29 is 14.6 Å². The summed E-state index contributed by atoms with van der Waals surface area (Å²) in [6, 6.07) is 0. The van der Waals surface area contributed by atoms with Gasteiger partial charge in [-0.25, -0.2) is 0 Å². The van der Waals surface area contributed by atoms with Gasteiger partial charge in [-0.05, 0) is 33.6 Å². The molecule has 6 nitrogen and oxygen atoms in total. The molecule has 0 heterocycles. The maximum atomic E-state index is 11.6. The van der Waals surface area contributed by atoms with Crippen LogP contribution in [0.5, 0.6) is 0 Å². The van der Waals surface area contributed by atoms with Crippen LogP contribution in [0.4, 0.5) is 0 Å². The van der Waals surface area contributed by atoms with Crippen LogP contribution in [0.2, 0.25) is 0 Å². The van der Waals surface area contributed by atoms with E-state index < -0.39 is 0 Å². The first-order valence-corrected chi connectivity index (χ1v) is 5.90. The number of carbonyl (C=O) groups is 1. The Labute approximate surface area is 102 Å². The molecule has 1 aliphatic carbocycles. The maximum Gasteiger partial charge on any atom is 0.233 e. The molecule has 0 aromatic rings. The molecule has 0 aromatic carbocycles. The molecule has 0 unspecified atom stereocenters. The summed E-state index contributed by atoms with van der Waals surface area (Å²) in [6.07, 6.45) is 2.23. The van der Waals surface area contributed by atoms with Crippen molar-refractivity contribution in [2.24, 2.45) is 5.28 Å². The van der Waals surface area contributed by atoms with Crippen molar-refractivity contribution in [2.45, 2.75) is 58.1 Å². The summed E-state index contributed by atoms with van der Waals surface area (Å²) in [6.45, 7) is 5.73. The van der Waals surface area contributed by atoms with Crippen LogP contribution in [0.15, 0.2) is 5.28 Å². The lowest BCUT2D eigenvalue weighted by molar-refractivity contribution is -0.720. The molecular formula is C11H21N3O3. The highest BCUT2D eigenvalue weighted by atomic mass is 16.7. The largest absolute Gasteiger partial charge is 0.569 e. The van der Waals surface area contributed by atoms with Gasteiger partial charge in [-0.2, -0.15) is 0 Å². The molecule has 0 amide bonds. The topological polar surface area (TPSA) is 68.0 Å². The Hall–Kier alpha value is -1.33. The zero-order valence-corrected chi connectivity index (χ0v) is 11.0. The number of rotatable bonds is 3. The zero-order valence-electron chi connectivity index (χ0n) is 11.0. The quantitative estimate of drug-likeness (QED) is 0.432. The van der Waals surface area contributed by atoms with Crippen LogP contribution in [-0.2, 0) is 9.63 Å². The van der Waals surface area contributed by atoms with Gasteiger partial charge in [0.1, 0.15) is 11.9 Å². The molecule has 1 aliphatic rings. The van der Waals surface area contributed by atoms with Crippen molar-refractivity contribution in [3.05, 3.63) is 5.21 Å². The minimum Gasteiger partial charge on any atom is -0.569 e. The minimum atomic E-state index is -0.308. The van der Waals surface area contributed by atoms with E-state index in [0.717, 1.165) is 0 Å². The third-order valence-electron chi connectivity index (χ3n) is 2.98. The molecule has 17 heavy (non-hydrogen) atoms. The SMILES string of the molecule is CN(/[N+]([O-])=N/OC1CCC(=O)CC1)C(C)(C)C. The van der Waals surface area contributed by atoms with Crippen molar-refractivity contribution in [2.75, 3.05) is 7.05 Å². The van der Waals surface area contributed by atoms with Gasteiger partial charge in [0.15, 0.2) is 0 Å². The molecule has 0 aromatic heterocycles. The number of ketones is 1. The number of hydrogen-bond donors (Lipinski definition) is 0. The number of nitrogens with zero attached hydrogens (tertiary/aromatic N) is 3. The van der Waals surface area contributed by atoms with Crippen LogP contribution in [0, 0.1) is 5.21 Å². The summed E-state index contributed by atoms with van der Waals surface area (Å²) in [5.41, 5.74) is -0.308. The fraction of sp³-hybridized carbons (Fsp3) is 0.909. The molecule has 1 fully saturated rings. The van der Waals surface area contributed by atoms with E-state index in [1.807, 2.05) is 20.8 Å². The van der Waals surface area contributed by atoms with Crippen molar-refractivity contribution >= 4 is 5.78 Å². The number of hydrazine groups is 1. The molecule has 0 bridgehead atoms. The summed E-state index contributed by atoms with van der Waals surface area (Å²) in [7, 11) is 1.66. The van der Waals surface area contributed by atoms with Crippen LogP contribution >= 0.6 is 0 Å². The lowest BCUT2D eigenvalue weighted by Gasteiger charge is -2.27. The third-order valence-corrected chi connectivity index (χ3v) is 2.98. The van der Waals surface area contributed by atoms with Crippen LogP contribution < -0.4 is 0 Å². The van der Waals surface area contributed by atoms with E-state index in [9.17, 15) is 10.0 Å². The second-order valence-corrected chi connectivity index (χ2v) is 5.37. The second kappa shape index (κ2) is 5.33. The van der Waals surface area contributed by atoms with Gasteiger partial charge in [0.05, 0.1) is 17.6 Å². The van der Waals surface area contributed by atoms with Gasteiger partial charge in [-0.3, -0.25) is 4.79 Å². The number of Topliss-reactive ketones (excluding diaryl/α,β-unsaturated/α-hetero) is 1. The average molecular weight is 243 g/mol. The van der Waals surface area contributed by atoms with Crippen molar-refractivity contribution in [3.8, 4) is 0 Å². The van der Waals surface area contributed by atoms with Crippen molar-refractivity contribution in [3.63, 3.8) is 0 Å². The normalized spacial score (nSPS) is 19.3. The molecule has 0 radical (unpaired) electrons. The predicted molar refractivity (Wildman–Crippen MR) is 61.9 cm³/mol. The third kappa shape index (κ3) is 4.20. The fourth-order valence-corrected chi connectivity index (χ4v) is 1.44. The first kappa shape index (κ1) is 13.7. The summed E-state index contributed by atoms with van der Waals surface area (Å²) >= 11 is 0. The Morgan fingerprint density at radius 1 is 1.41 bits per heavy atom. The minimum absolute atomic E-state index is 0.113. The molecule has 98 valence electrons. The summed E-state index contributed by atoms with van der Waals surface area (Å²) < 4.78 is 0. The highest BCUT2D eigenvalue weighted by Gasteiger charge is 2.25. The van der Waals surface area contributed by atoms with Crippen LogP contribution in [0.3, 0.4) is 0 Å². The van der Waals surface area contributed by atoms with Crippen molar-refractivity contribution in [1.29, 1.82) is 0 Å². The fourth-order valence-electron chi connectivity index (χ4n) is 1.44. The summed E-state index contributed by atoms with van der Waals surface area (Å²) in [5.74, 6) is 0.260. The molecule has 0 atom stereocenters. The van der Waals surface area contributed by atoms with E-state index in [-0.39, 0.29) is 17.4 Å². The monoisotopic (exact) mass is 243 g/mol. The number of carbonyl (C=O) groups excluding carboxylic acids is 1. The first-order valence-electron chi connectivity index (χ1n) is 5.90. The lowest BCUT2D eigenvalue weighted by Crippen LogP contribution is -2.42. The van der Waals surface area contributed by atoms with E-state index in [1.165, 1.54) is 5.01 Å². The van der Waals surface area contributed by atoms with Gasteiger partial charge in [0.25, 0.3) is 0 Å². The molecule has 1 saturated carbocycles. The van der Waals surface area contributed by atoms with Gasteiger partial charge >= 0.3 is 0 Å². The Kier molecular flexibility index (Phi) is 4.31. The van der Waals surface area contributed by atoms with E-state index in [4.69, 9.17) is 4.84 Å². The standard InChI is InChI=1S/C11H21N3O3/c1-11(2,3)13(4)14(16)12-17-10-7-5-9(15)6-8-10/h10H,5-8H2,1-4H3/b14-12-. The highest BCUT2D eigenvalue weighted by Crippen LogP contribution is 2.18. The zero-order chi connectivity index (χ0) is 13.1. The Balaban J connectivity index is 2.45. The Morgan fingerprint density at radius 2 is 1.94 bits per heavy atom. The van der Waals surface area contributed by atoms with E-state index >= 15 is 0 Å². The van der Waals surface area contributed by atoms with Crippen molar-refractivity contribution in [1.82, 2.24) is 5.01 Å². The van der Waals surface area contributed by atoms with Gasteiger partial charge < -0.3 is 10.0 Å². The Bertz CT molecular complexity index is 300. The molecule has 0 spiro atoms. The lowest BCUT2D eigenvalue weighted by atomic mass is 9.97. The molecule has 0 N–H and O–H groups in total. The summed E-state index contributed by atoms with van der Waals surface area (Å²) in [5, 5.41) is 16.6. The molecule has 6 heteroatoms. The van der Waals surface area contributed by atoms with Gasteiger partial charge in [0.2, 0.25) is 5.28 Å². The van der Waals surface area contributed by atoms with E-state index in [0.29, 0.717) is 30.7 Å². The van der Waals surface area contributed by atoms with E-state index in [2.05, 4.69) is 5.28 Å². The first-order chi connectivity index (χ1) is 7.80. The Morgan fingerprint density at radius 3 is 2.41 bits per heavy atom. The van der Waals surface area contributed by atoms with Crippen LogP contribution in [0.25, 0.3) is 0 Å². The molecular weight excluding hydrogens is 222 g/mol. The van der Waals surface area contributed by atoms with Gasteiger partial charge in [0, 0.05) is 12.8 Å². The molecule has 1 rings (SSSR count). The van der Waals surface area contributed by atoms with Gasteiger partial charge in [-0.15, -0.1) is 5.01 Å². The van der Waals surface area contributed by atoms with Gasteiger partial charge in [-0.1, -0.05) is 0 Å². The summed E-state index contributed by atoms with van der Waals surface area (Å²) in [4.78, 5) is 16.6. The molecule has 0 saturated heterocycles. The second-order valence-electron chi connectivity index (χ2n) is 5.37. The maximum absolute atomic E-state index is 11.6. The predicted octanol–water partition coefficient (Wildman–Crippen LogP) is 2.04. The van der Waals surface area contributed by atoms with Crippen LogP contribution in [-0.4, -0.2) is 34.5 Å². The highest BCUT2D eigenvalue weighted by molar-refractivity contribution is 5.79. The number of hydrogen-bond acceptors (Lipinski definition) is 4. The van der Waals surface area contributed by atoms with E-state index in [1.54, 1.807) is 7.05 Å². The average Bonchev–Trinajstić information content (AvgIpc) is 2.25. The van der Waals surface area contributed by atoms with Crippen LogP contribution in [0.1, 0.15) is 46.5 Å². The molecule has 0 aliphatic heterocycles.